The van der Waals surface area contributed by atoms with Crippen molar-refractivity contribution in [2.75, 3.05) is 19.8 Å². The lowest BCUT2D eigenvalue weighted by Crippen LogP contribution is -2.26. The smallest absolute Gasteiger partial charge is 0.110 e. The number of hydrogen-bond acceptors (Lipinski definition) is 3. The van der Waals surface area contributed by atoms with Crippen molar-refractivity contribution in [1.29, 1.82) is 0 Å². The first-order valence-electron chi connectivity index (χ1n) is 3.15. The van der Waals surface area contributed by atoms with E-state index >= 15 is 0 Å². The number of aliphatic hydroxyl groups is 1. The van der Waals surface area contributed by atoms with Crippen LogP contribution < -0.4 is 0 Å². The van der Waals surface area contributed by atoms with Gasteiger partial charge in [-0.15, -0.1) is 6.42 Å². The van der Waals surface area contributed by atoms with Crippen LogP contribution in [0.25, 0.3) is 0 Å². The second-order valence-electron chi connectivity index (χ2n) is 2.16. The minimum Gasteiger partial charge on any atom is -0.388 e. The van der Waals surface area contributed by atoms with Crippen molar-refractivity contribution in [3.63, 3.8) is 0 Å². The average molecular weight is 142 g/mol. The van der Waals surface area contributed by atoms with Gasteiger partial charge < -0.3 is 14.6 Å². The zero-order valence-electron chi connectivity index (χ0n) is 5.62. The molecule has 0 bridgehead atoms. The molecule has 0 amide bonds. The largest absolute Gasteiger partial charge is 0.388 e. The molecule has 0 aromatic heterocycles. The highest BCUT2D eigenvalue weighted by molar-refractivity contribution is 4.85. The summed E-state index contributed by atoms with van der Waals surface area (Å²) >= 11 is 0. The molecule has 1 N–H and O–H groups in total. The van der Waals surface area contributed by atoms with Crippen molar-refractivity contribution in [3.05, 3.63) is 0 Å². The Kier molecular flexibility index (Phi) is 2.69. The highest BCUT2D eigenvalue weighted by atomic mass is 16.6. The molecule has 3 heteroatoms. The minimum atomic E-state index is -0.506. The Labute approximate surface area is 59.9 Å². The van der Waals surface area contributed by atoms with Gasteiger partial charge >= 0.3 is 0 Å². The number of rotatable bonds is 2. The van der Waals surface area contributed by atoms with Gasteiger partial charge in [0.2, 0.25) is 0 Å². The van der Waals surface area contributed by atoms with E-state index in [4.69, 9.17) is 21.0 Å². The summed E-state index contributed by atoms with van der Waals surface area (Å²) in [6.45, 7) is 1.04. The van der Waals surface area contributed by atoms with E-state index < -0.39 is 6.10 Å². The van der Waals surface area contributed by atoms with E-state index in [-0.39, 0.29) is 12.7 Å². The van der Waals surface area contributed by atoms with E-state index in [1.54, 1.807) is 0 Å². The zero-order chi connectivity index (χ0) is 7.40. The summed E-state index contributed by atoms with van der Waals surface area (Å²) in [5, 5.41) is 9.10. The van der Waals surface area contributed by atoms with Crippen molar-refractivity contribution >= 4 is 0 Å². The van der Waals surface area contributed by atoms with Crippen molar-refractivity contribution in [2.45, 2.75) is 12.2 Å². The van der Waals surface area contributed by atoms with Gasteiger partial charge in [0.25, 0.3) is 0 Å². The number of terminal acetylenes is 1. The van der Waals surface area contributed by atoms with Crippen LogP contribution in [0, 0.1) is 12.3 Å². The summed E-state index contributed by atoms with van der Waals surface area (Å²) in [6, 6.07) is 0. The minimum absolute atomic E-state index is 0.226. The van der Waals surface area contributed by atoms with Gasteiger partial charge in [-0.2, -0.15) is 0 Å². The van der Waals surface area contributed by atoms with Crippen LogP contribution in [0.4, 0.5) is 0 Å². The average Bonchev–Trinajstić information content (AvgIpc) is 2.31. The fraction of sp³-hybridized carbons (Fsp3) is 0.714. The second-order valence-corrected chi connectivity index (χ2v) is 2.16. The fourth-order valence-corrected chi connectivity index (χ4v) is 0.838. The normalized spacial score (nSPS) is 32.0. The number of aliphatic hydroxyl groups excluding tert-OH is 1. The maximum absolute atomic E-state index is 9.10. The van der Waals surface area contributed by atoms with E-state index in [1.165, 1.54) is 0 Å². The van der Waals surface area contributed by atoms with Gasteiger partial charge in [-0.1, -0.05) is 5.92 Å². The molecule has 1 aliphatic rings. The Balaban J connectivity index is 2.21. The maximum atomic E-state index is 9.10. The monoisotopic (exact) mass is 142 g/mol. The first kappa shape index (κ1) is 7.55. The summed E-state index contributed by atoms with van der Waals surface area (Å²) in [6.07, 6.45) is 4.22. The van der Waals surface area contributed by atoms with Crippen LogP contribution in [0.1, 0.15) is 0 Å². The molecule has 1 heterocycles. The van der Waals surface area contributed by atoms with Crippen molar-refractivity contribution in [3.8, 4) is 12.3 Å². The standard InChI is InChI=1S/C7H10O3/c1-2-3-10-7-5-9-4-6(7)8/h1,6-8H,3-5H2/t6-,7-/m1/s1. The molecule has 0 unspecified atom stereocenters. The topological polar surface area (TPSA) is 38.7 Å². The number of ether oxygens (including phenoxy) is 2. The molecule has 3 nitrogen and oxygen atoms in total. The third-order valence-corrected chi connectivity index (χ3v) is 1.38. The van der Waals surface area contributed by atoms with Gasteiger partial charge in [-0.3, -0.25) is 0 Å². The quantitative estimate of drug-likeness (QED) is 0.523. The highest BCUT2D eigenvalue weighted by Crippen LogP contribution is 2.08. The molecule has 1 fully saturated rings. The predicted molar refractivity (Wildman–Crippen MR) is 35.4 cm³/mol. The van der Waals surface area contributed by atoms with E-state index in [0.717, 1.165) is 0 Å². The van der Waals surface area contributed by atoms with Crippen LogP contribution >= 0.6 is 0 Å². The molecule has 0 saturated carbocycles. The molecule has 0 aromatic rings. The maximum Gasteiger partial charge on any atom is 0.110 e. The summed E-state index contributed by atoms with van der Waals surface area (Å²) < 4.78 is 9.98. The van der Waals surface area contributed by atoms with Gasteiger partial charge in [-0.25, -0.2) is 0 Å². The van der Waals surface area contributed by atoms with Gasteiger partial charge in [0.1, 0.15) is 18.8 Å². The molecule has 1 saturated heterocycles. The molecule has 10 heavy (non-hydrogen) atoms. The third kappa shape index (κ3) is 1.71. The zero-order valence-corrected chi connectivity index (χ0v) is 5.62. The van der Waals surface area contributed by atoms with Crippen molar-refractivity contribution in [1.82, 2.24) is 0 Å². The van der Waals surface area contributed by atoms with Crippen molar-refractivity contribution in [2.24, 2.45) is 0 Å². The first-order valence-corrected chi connectivity index (χ1v) is 3.15. The lowest BCUT2D eigenvalue weighted by atomic mass is 10.3. The molecule has 1 aliphatic heterocycles. The Morgan fingerprint density at radius 2 is 2.50 bits per heavy atom. The van der Waals surface area contributed by atoms with Crippen LogP contribution in [0.5, 0.6) is 0 Å². The predicted octanol–water partition coefficient (Wildman–Crippen LogP) is -0.604. The fourth-order valence-electron chi connectivity index (χ4n) is 0.838. The van der Waals surface area contributed by atoms with Crippen molar-refractivity contribution < 1.29 is 14.6 Å². The number of hydrogen-bond donors (Lipinski definition) is 1. The molecule has 0 aromatic carbocycles. The van der Waals surface area contributed by atoms with E-state index in [9.17, 15) is 0 Å². The van der Waals surface area contributed by atoms with Crippen LogP contribution in [0.15, 0.2) is 0 Å². The van der Waals surface area contributed by atoms with Gasteiger partial charge in [0.05, 0.1) is 13.2 Å². The summed E-state index contributed by atoms with van der Waals surface area (Å²) in [5.41, 5.74) is 0. The van der Waals surface area contributed by atoms with E-state index in [2.05, 4.69) is 5.92 Å². The Morgan fingerprint density at radius 3 is 3.00 bits per heavy atom. The summed E-state index contributed by atoms with van der Waals surface area (Å²) in [5.74, 6) is 2.33. The molecule has 1 rings (SSSR count). The Morgan fingerprint density at radius 1 is 1.70 bits per heavy atom. The molecule has 2 atom stereocenters. The second kappa shape index (κ2) is 3.57. The highest BCUT2D eigenvalue weighted by Gasteiger charge is 2.26. The molecule has 0 spiro atoms. The molecular weight excluding hydrogens is 132 g/mol. The molecule has 56 valence electrons. The Bertz CT molecular complexity index is 138. The van der Waals surface area contributed by atoms with Crippen LogP contribution in [-0.4, -0.2) is 37.1 Å². The lowest BCUT2D eigenvalue weighted by molar-refractivity contribution is 0.00592. The van der Waals surface area contributed by atoms with E-state index in [1.807, 2.05) is 0 Å². The summed E-state index contributed by atoms with van der Waals surface area (Å²) in [7, 11) is 0. The molecule has 0 radical (unpaired) electrons. The van der Waals surface area contributed by atoms with E-state index in [0.29, 0.717) is 13.2 Å². The van der Waals surface area contributed by atoms with Gasteiger partial charge in [0.15, 0.2) is 0 Å². The van der Waals surface area contributed by atoms with Crippen LogP contribution in [-0.2, 0) is 9.47 Å². The van der Waals surface area contributed by atoms with Crippen LogP contribution in [0.3, 0.4) is 0 Å². The van der Waals surface area contributed by atoms with Gasteiger partial charge in [0, 0.05) is 0 Å². The SMILES string of the molecule is C#CCO[C@@H]1COC[C@H]1O. The van der Waals surface area contributed by atoms with Gasteiger partial charge in [-0.05, 0) is 0 Å². The molecule has 0 aliphatic carbocycles. The summed E-state index contributed by atoms with van der Waals surface area (Å²) in [4.78, 5) is 0. The lowest BCUT2D eigenvalue weighted by Gasteiger charge is -2.10. The molecular formula is C7H10O3. The van der Waals surface area contributed by atoms with Crippen LogP contribution in [0.2, 0.25) is 0 Å². The third-order valence-electron chi connectivity index (χ3n) is 1.38. The first-order chi connectivity index (χ1) is 4.84. The Hall–Kier alpha value is -0.560.